The predicted molar refractivity (Wildman–Crippen MR) is 132 cm³/mol. The molecule has 0 atom stereocenters. The molecule has 0 aliphatic rings. The molecule has 0 heterocycles. The Bertz CT molecular complexity index is 1150. The first-order valence-electron chi connectivity index (χ1n) is 10.7. The van der Waals surface area contributed by atoms with E-state index in [1.807, 2.05) is 125 Å². The third kappa shape index (κ3) is 5.89. The van der Waals surface area contributed by atoms with Crippen molar-refractivity contribution >= 4 is 11.6 Å². The fourth-order valence-electron chi connectivity index (χ4n) is 3.22. The van der Waals surface area contributed by atoms with Crippen molar-refractivity contribution in [3.63, 3.8) is 0 Å². The molecule has 4 rings (SSSR count). The molecular weight excluding hydrogens is 392 g/mol. The van der Waals surface area contributed by atoms with Gasteiger partial charge in [-0.05, 0) is 44.9 Å². The van der Waals surface area contributed by atoms with E-state index in [1.165, 1.54) is 16.7 Å². The second-order valence-corrected chi connectivity index (χ2v) is 8.06. The van der Waals surface area contributed by atoms with Crippen LogP contribution in [0.5, 0.6) is 0 Å². The van der Waals surface area contributed by atoms with Crippen LogP contribution in [0.3, 0.4) is 0 Å². The van der Waals surface area contributed by atoms with E-state index >= 15 is 0 Å². The van der Waals surface area contributed by atoms with Crippen LogP contribution in [0.2, 0.25) is 0 Å². The van der Waals surface area contributed by atoms with Gasteiger partial charge in [0, 0.05) is 22.3 Å². The minimum absolute atomic E-state index is 0.0833. The van der Waals surface area contributed by atoms with Crippen LogP contribution in [0.4, 0.5) is 0 Å². The van der Waals surface area contributed by atoms with Gasteiger partial charge in [-0.2, -0.15) is 0 Å². The van der Waals surface area contributed by atoms with E-state index in [2.05, 4.69) is 0 Å². The number of hydrogen-bond acceptors (Lipinski definition) is 2. The minimum atomic E-state index is 0.0833. The van der Waals surface area contributed by atoms with E-state index < -0.39 is 0 Å². The molecule has 160 valence electrons. The van der Waals surface area contributed by atoms with E-state index in [0.717, 1.165) is 27.8 Å². The Kier molecular flexibility index (Phi) is 7.51. The first-order valence-corrected chi connectivity index (χ1v) is 10.7. The highest BCUT2D eigenvalue weighted by Crippen LogP contribution is 2.14. The van der Waals surface area contributed by atoms with Crippen LogP contribution >= 0.6 is 0 Å². The zero-order valence-electron chi connectivity index (χ0n) is 19.1. The molecule has 0 aliphatic carbocycles. The van der Waals surface area contributed by atoms with E-state index in [4.69, 9.17) is 0 Å². The lowest BCUT2D eigenvalue weighted by molar-refractivity contribution is 0.103. The van der Waals surface area contributed by atoms with E-state index in [-0.39, 0.29) is 11.6 Å². The molecule has 0 saturated carbocycles. The van der Waals surface area contributed by atoms with Gasteiger partial charge in [0.2, 0.25) is 0 Å². The summed E-state index contributed by atoms with van der Waals surface area (Å²) in [5.41, 5.74) is 7.69. The highest BCUT2D eigenvalue weighted by Gasteiger charge is 2.09. The Morgan fingerprint density at radius 3 is 1.31 bits per heavy atom. The quantitative estimate of drug-likeness (QED) is 0.331. The number of ketones is 2. The summed E-state index contributed by atoms with van der Waals surface area (Å²) >= 11 is 0. The molecule has 4 aromatic rings. The molecule has 4 aromatic carbocycles. The van der Waals surface area contributed by atoms with Crippen LogP contribution < -0.4 is 0 Å². The molecule has 0 unspecified atom stereocenters. The molecular formula is C30H28O2. The Hall–Kier alpha value is -3.78. The third-order valence-electron chi connectivity index (χ3n) is 5.43. The van der Waals surface area contributed by atoms with Crippen LogP contribution in [0.15, 0.2) is 97.1 Å². The first-order chi connectivity index (χ1) is 15.3. The van der Waals surface area contributed by atoms with Gasteiger partial charge in [-0.3, -0.25) is 9.59 Å². The predicted octanol–water partition coefficient (Wildman–Crippen LogP) is 7.07. The number of benzene rings is 4. The number of hydrogen-bond donors (Lipinski definition) is 0. The zero-order chi connectivity index (χ0) is 23.1. The van der Waals surface area contributed by atoms with E-state index in [9.17, 15) is 9.59 Å². The summed E-state index contributed by atoms with van der Waals surface area (Å²) in [6.07, 6.45) is 0. The van der Waals surface area contributed by atoms with Crippen molar-refractivity contribution in [1.82, 2.24) is 0 Å². The summed E-state index contributed by atoms with van der Waals surface area (Å²) in [4.78, 5) is 24.2. The Morgan fingerprint density at radius 1 is 0.438 bits per heavy atom. The largest absolute Gasteiger partial charge is 0.289 e. The standard InChI is InChI=1S/2C15H14O/c1-11-3-7-13(8-4-11)15(16)14-9-5-12(2)6-10-14;1-11-8-9-14(10-12(11)2)15(16)13-6-4-3-5-7-13/h2*3-10H,1-2H3. The number of rotatable bonds is 4. The van der Waals surface area contributed by atoms with Gasteiger partial charge in [0.1, 0.15) is 0 Å². The van der Waals surface area contributed by atoms with Crippen molar-refractivity contribution in [2.45, 2.75) is 27.7 Å². The summed E-state index contributed by atoms with van der Waals surface area (Å²) < 4.78 is 0. The summed E-state index contributed by atoms with van der Waals surface area (Å²) in [6.45, 7) is 8.10. The van der Waals surface area contributed by atoms with Crippen LogP contribution in [0.25, 0.3) is 0 Å². The minimum Gasteiger partial charge on any atom is -0.289 e. The third-order valence-corrected chi connectivity index (χ3v) is 5.43. The molecule has 0 N–H and O–H groups in total. The smallest absolute Gasteiger partial charge is 0.193 e. The van der Waals surface area contributed by atoms with Crippen LogP contribution in [-0.2, 0) is 0 Å². The summed E-state index contributed by atoms with van der Waals surface area (Å²) in [5, 5.41) is 0. The number of aryl methyl sites for hydroxylation is 4. The lowest BCUT2D eigenvalue weighted by Crippen LogP contribution is -2.01. The molecule has 0 aliphatic heterocycles. The van der Waals surface area contributed by atoms with Crippen molar-refractivity contribution in [3.05, 3.63) is 142 Å². The van der Waals surface area contributed by atoms with Gasteiger partial charge in [0.15, 0.2) is 11.6 Å². The van der Waals surface area contributed by atoms with Crippen molar-refractivity contribution in [1.29, 1.82) is 0 Å². The molecule has 0 saturated heterocycles. The normalized spacial score (nSPS) is 10.1. The molecule has 32 heavy (non-hydrogen) atoms. The van der Waals surface area contributed by atoms with E-state index in [1.54, 1.807) is 0 Å². The van der Waals surface area contributed by atoms with Gasteiger partial charge in [0.05, 0.1) is 0 Å². The molecule has 0 radical (unpaired) electrons. The number of carbonyl (C=O) groups excluding carboxylic acids is 2. The van der Waals surface area contributed by atoms with Crippen LogP contribution in [0.1, 0.15) is 54.1 Å². The highest BCUT2D eigenvalue weighted by atomic mass is 16.1. The molecule has 0 amide bonds. The van der Waals surface area contributed by atoms with E-state index in [0.29, 0.717) is 0 Å². The lowest BCUT2D eigenvalue weighted by Gasteiger charge is -2.04. The average molecular weight is 421 g/mol. The average Bonchev–Trinajstić information content (AvgIpc) is 2.82. The van der Waals surface area contributed by atoms with Gasteiger partial charge in [-0.1, -0.05) is 102 Å². The maximum absolute atomic E-state index is 12.1. The van der Waals surface area contributed by atoms with Crippen molar-refractivity contribution < 1.29 is 9.59 Å². The SMILES string of the molecule is Cc1ccc(C(=O)c2ccc(C)cc2)cc1.Cc1ccc(C(=O)c2ccccc2)cc1C. The molecule has 0 fully saturated rings. The fourth-order valence-corrected chi connectivity index (χ4v) is 3.22. The molecule has 2 heteroatoms. The lowest BCUT2D eigenvalue weighted by atomic mass is 9.99. The molecule has 0 aromatic heterocycles. The Labute approximate surface area is 190 Å². The van der Waals surface area contributed by atoms with Crippen molar-refractivity contribution in [2.24, 2.45) is 0 Å². The maximum Gasteiger partial charge on any atom is 0.193 e. The van der Waals surface area contributed by atoms with Gasteiger partial charge in [-0.25, -0.2) is 0 Å². The van der Waals surface area contributed by atoms with Crippen LogP contribution in [0, 0.1) is 27.7 Å². The van der Waals surface area contributed by atoms with Gasteiger partial charge < -0.3 is 0 Å². The highest BCUT2D eigenvalue weighted by molar-refractivity contribution is 6.09. The summed E-state index contributed by atoms with van der Waals surface area (Å²) in [6, 6.07) is 30.5. The molecule has 0 spiro atoms. The van der Waals surface area contributed by atoms with Gasteiger partial charge in [0.25, 0.3) is 0 Å². The van der Waals surface area contributed by atoms with Crippen molar-refractivity contribution in [3.8, 4) is 0 Å². The topological polar surface area (TPSA) is 34.1 Å². The second-order valence-electron chi connectivity index (χ2n) is 8.06. The van der Waals surface area contributed by atoms with Gasteiger partial charge >= 0.3 is 0 Å². The zero-order valence-corrected chi connectivity index (χ0v) is 19.1. The monoisotopic (exact) mass is 420 g/mol. The first kappa shape index (κ1) is 22.9. The number of carbonyl (C=O) groups is 2. The Balaban J connectivity index is 0.000000181. The maximum atomic E-state index is 12.1. The van der Waals surface area contributed by atoms with Gasteiger partial charge in [-0.15, -0.1) is 0 Å². The summed E-state index contributed by atoms with van der Waals surface area (Å²) in [5.74, 6) is 0.170. The van der Waals surface area contributed by atoms with Crippen molar-refractivity contribution in [2.75, 3.05) is 0 Å². The molecule has 0 bridgehead atoms. The molecule has 2 nitrogen and oxygen atoms in total. The summed E-state index contributed by atoms with van der Waals surface area (Å²) in [7, 11) is 0. The van der Waals surface area contributed by atoms with Crippen LogP contribution in [-0.4, -0.2) is 11.6 Å². The second kappa shape index (κ2) is 10.5. The Morgan fingerprint density at radius 2 is 0.844 bits per heavy atom. The fraction of sp³-hybridized carbons (Fsp3) is 0.133.